The molecule has 0 saturated heterocycles. The van der Waals surface area contributed by atoms with Crippen molar-refractivity contribution in [2.24, 2.45) is 5.92 Å². The second-order valence-corrected chi connectivity index (χ2v) is 4.51. The summed E-state index contributed by atoms with van der Waals surface area (Å²) in [6, 6.07) is 2.49. The Balaban J connectivity index is 2.04. The molecule has 1 heterocycles. The lowest BCUT2D eigenvalue weighted by Crippen LogP contribution is -2.17. The van der Waals surface area contributed by atoms with E-state index >= 15 is 0 Å². The molecule has 1 aromatic rings. The van der Waals surface area contributed by atoms with Crippen LogP contribution in [0, 0.1) is 12.8 Å². The molecule has 0 spiro atoms. The maximum absolute atomic E-state index is 5.60. The van der Waals surface area contributed by atoms with Gasteiger partial charge in [0.1, 0.15) is 5.82 Å². The van der Waals surface area contributed by atoms with Crippen LogP contribution in [0.25, 0.3) is 0 Å². The maximum atomic E-state index is 5.60. The lowest BCUT2D eigenvalue weighted by molar-refractivity contribution is 0.602. The number of aryl methyl sites for hydroxylation is 1. The maximum Gasteiger partial charge on any atom is 0.222 e. The Labute approximate surface area is 90.3 Å². The molecule has 0 aliphatic heterocycles. The summed E-state index contributed by atoms with van der Waals surface area (Å²) in [6.07, 6.45) is 3.75. The van der Waals surface area contributed by atoms with Crippen molar-refractivity contribution >= 4 is 11.8 Å². The average molecular weight is 206 g/mol. The van der Waals surface area contributed by atoms with Crippen LogP contribution in [-0.2, 0) is 0 Å². The monoisotopic (exact) mass is 206 g/mol. The van der Waals surface area contributed by atoms with Crippen LogP contribution >= 0.6 is 0 Å². The van der Waals surface area contributed by atoms with Gasteiger partial charge < -0.3 is 11.1 Å². The number of nitrogens with two attached hydrogens (primary N) is 1. The summed E-state index contributed by atoms with van der Waals surface area (Å²) in [5.74, 6) is 2.03. The van der Waals surface area contributed by atoms with Gasteiger partial charge in [-0.25, -0.2) is 4.98 Å². The van der Waals surface area contributed by atoms with E-state index in [-0.39, 0.29) is 0 Å². The molecule has 2 rings (SSSR count). The van der Waals surface area contributed by atoms with E-state index in [9.17, 15) is 0 Å². The van der Waals surface area contributed by atoms with Crippen LogP contribution in [0.5, 0.6) is 0 Å². The van der Waals surface area contributed by atoms with Gasteiger partial charge in [0.05, 0.1) is 0 Å². The first-order valence-electron chi connectivity index (χ1n) is 5.51. The van der Waals surface area contributed by atoms with Crippen LogP contribution in [0.4, 0.5) is 11.8 Å². The zero-order chi connectivity index (χ0) is 10.8. The van der Waals surface area contributed by atoms with E-state index in [1.54, 1.807) is 0 Å². The quantitative estimate of drug-likeness (QED) is 0.776. The summed E-state index contributed by atoms with van der Waals surface area (Å²) in [7, 11) is 0. The van der Waals surface area contributed by atoms with Gasteiger partial charge in [0.15, 0.2) is 0 Å². The number of anilines is 2. The van der Waals surface area contributed by atoms with Gasteiger partial charge in [-0.1, -0.05) is 6.92 Å². The number of aromatic nitrogens is 2. The largest absolute Gasteiger partial charge is 0.368 e. The Bertz CT molecular complexity index is 330. The van der Waals surface area contributed by atoms with Crippen molar-refractivity contribution in [3.8, 4) is 0 Å². The van der Waals surface area contributed by atoms with Gasteiger partial charge in [-0.15, -0.1) is 0 Å². The molecule has 0 radical (unpaired) electrons. The molecule has 1 aromatic heterocycles. The molecule has 2 atom stereocenters. The molecule has 1 saturated carbocycles. The van der Waals surface area contributed by atoms with E-state index in [0.717, 1.165) is 17.4 Å². The number of nitrogens with one attached hydrogen (secondary N) is 1. The fourth-order valence-corrected chi connectivity index (χ4v) is 2.21. The fourth-order valence-electron chi connectivity index (χ4n) is 2.21. The Morgan fingerprint density at radius 2 is 2.20 bits per heavy atom. The Morgan fingerprint density at radius 1 is 1.40 bits per heavy atom. The first-order chi connectivity index (χ1) is 7.13. The molecule has 82 valence electrons. The van der Waals surface area contributed by atoms with Gasteiger partial charge in [0.2, 0.25) is 5.95 Å². The highest BCUT2D eigenvalue weighted by Gasteiger charge is 2.21. The van der Waals surface area contributed by atoms with Gasteiger partial charge in [-0.2, -0.15) is 4.98 Å². The van der Waals surface area contributed by atoms with E-state index in [4.69, 9.17) is 5.73 Å². The first kappa shape index (κ1) is 10.2. The van der Waals surface area contributed by atoms with E-state index in [1.165, 1.54) is 19.3 Å². The van der Waals surface area contributed by atoms with Crippen molar-refractivity contribution in [3.63, 3.8) is 0 Å². The molecule has 1 fully saturated rings. The third kappa shape index (κ3) is 2.58. The van der Waals surface area contributed by atoms with Crippen molar-refractivity contribution < 1.29 is 0 Å². The highest BCUT2D eigenvalue weighted by atomic mass is 15.1. The molecule has 0 bridgehead atoms. The van der Waals surface area contributed by atoms with Crippen molar-refractivity contribution in [2.45, 2.75) is 39.2 Å². The molecule has 4 heteroatoms. The third-order valence-electron chi connectivity index (χ3n) is 2.92. The fraction of sp³-hybridized carbons (Fsp3) is 0.636. The van der Waals surface area contributed by atoms with E-state index in [2.05, 4.69) is 22.2 Å². The van der Waals surface area contributed by atoms with Crippen LogP contribution < -0.4 is 11.1 Å². The second kappa shape index (κ2) is 4.04. The van der Waals surface area contributed by atoms with Gasteiger partial charge in [0.25, 0.3) is 0 Å². The number of nitrogen functional groups attached to an aromatic ring is 1. The first-order valence-corrected chi connectivity index (χ1v) is 5.51. The minimum Gasteiger partial charge on any atom is -0.368 e. The summed E-state index contributed by atoms with van der Waals surface area (Å²) in [5.41, 5.74) is 6.51. The number of hydrogen-bond acceptors (Lipinski definition) is 4. The molecular weight excluding hydrogens is 188 g/mol. The van der Waals surface area contributed by atoms with Gasteiger partial charge in [0, 0.05) is 17.8 Å². The molecular formula is C11H18N4. The van der Waals surface area contributed by atoms with Crippen LogP contribution in [-0.4, -0.2) is 16.0 Å². The summed E-state index contributed by atoms with van der Waals surface area (Å²) in [6.45, 7) is 4.22. The zero-order valence-corrected chi connectivity index (χ0v) is 9.33. The highest BCUT2D eigenvalue weighted by molar-refractivity contribution is 5.41. The number of hydrogen-bond donors (Lipinski definition) is 2. The summed E-state index contributed by atoms with van der Waals surface area (Å²) in [4.78, 5) is 8.23. The summed E-state index contributed by atoms with van der Waals surface area (Å²) < 4.78 is 0. The SMILES string of the molecule is Cc1cc(NC2CCC(C)C2)nc(N)n1. The Kier molecular flexibility index (Phi) is 2.75. The molecule has 1 aliphatic rings. The topological polar surface area (TPSA) is 63.8 Å². The van der Waals surface area contributed by atoms with E-state index in [1.807, 2.05) is 13.0 Å². The van der Waals surface area contributed by atoms with Crippen molar-refractivity contribution in [2.75, 3.05) is 11.1 Å². The Morgan fingerprint density at radius 3 is 2.80 bits per heavy atom. The number of nitrogens with zero attached hydrogens (tertiary/aromatic N) is 2. The standard InChI is InChI=1S/C11H18N4/c1-7-3-4-9(5-7)14-10-6-8(2)13-11(12)15-10/h6-7,9H,3-5H2,1-2H3,(H3,12,13,14,15). The molecule has 0 aromatic carbocycles. The summed E-state index contributed by atoms with van der Waals surface area (Å²) >= 11 is 0. The minimum absolute atomic E-state index is 0.351. The molecule has 0 amide bonds. The second-order valence-electron chi connectivity index (χ2n) is 4.51. The van der Waals surface area contributed by atoms with E-state index < -0.39 is 0 Å². The summed E-state index contributed by atoms with van der Waals surface area (Å²) in [5, 5.41) is 3.42. The van der Waals surface area contributed by atoms with Crippen LogP contribution in [0.1, 0.15) is 31.9 Å². The third-order valence-corrected chi connectivity index (χ3v) is 2.92. The predicted octanol–water partition coefficient (Wildman–Crippen LogP) is 1.97. The lowest BCUT2D eigenvalue weighted by atomic mass is 10.1. The number of rotatable bonds is 2. The van der Waals surface area contributed by atoms with Gasteiger partial charge >= 0.3 is 0 Å². The Hall–Kier alpha value is -1.32. The van der Waals surface area contributed by atoms with Crippen molar-refractivity contribution in [3.05, 3.63) is 11.8 Å². The van der Waals surface area contributed by atoms with Gasteiger partial charge in [-0.05, 0) is 32.1 Å². The van der Waals surface area contributed by atoms with Crippen molar-refractivity contribution in [1.29, 1.82) is 0 Å². The van der Waals surface area contributed by atoms with Crippen LogP contribution in [0.2, 0.25) is 0 Å². The molecule has 4 nitrogen and oxygen atoms in total. The predicted molar refractivity (Wildman–Crippen MR) is 61.6 cm³/mol. The normalized spacial score (nSPS) is 25.5. The minimum atomic E-state index is 0.351. The lowest BCUT2D eigenvalue weighted by Gasteiger charge is -2.13. The van der Waals surface area contributed by atoms with E-state index in [0.29, 0.717) is 12.0 Å². The van der Waals surface area contributed by atoms with Crippen LogP contribution in [0.3, 0.4) is 0 Å². The van der Waals surface area contributed by atoms with Crippen molar-refractivity contribution in [1.82, 2.24) is 9.97 Å². The molecule has 2 unspecified atom stereocenters. The van der Waals surface area contributed by atoms with Gasteiger partial charge in [-0.3, -0.25) is 0 Å². The smallest absolute Gasteiger partial charge is 0.222 e. The van der Waals surface area contributed by atoms with Crippen LogP contribution in [0.15, 0.2) is 6.07 Å². The molecule has 1 aliphatic carbocycles. The molecule has 15 heavy (non-hydrogen) atoms. The average Bonchev–Trinajstić information content (AvgIpc) is 2.49. The molecule has 3 N–H and O–H groups in total. The zero-order valence-electron chi connectivity index (χ0n) is 9.33. The highest BCUT2D eigenvalue weighted by Crippen LogP contribution is 2.27.